The number of halogens is 10. The number of aliphatic imine (C=N–C) groups is 2. The number of hydrogen-bond acceptors (Lipinski definition) is 4. The van der Waals surface area contributed by atoms with Crippen LogP contribution < -0.4 is 0 Å². The molecule has 2 heterocycles. The lowest BCUT2D eigenvalue weighted by Crippen LogP contribution is -2.14. The summed E-state index contributed by atoms with van der Waals surface area (Å²) in [4.78, 5) is 8.72. The minimum atomic E-state index is -4.38. The summed E-state index contributed by atoms with van der Waals surface area (Å²) in [6.07, 6.45) is -9.63. The molecule has 6 aromatic carbocycles. The maximum Gasteiger partial charge on any atom is 0.416 e. The van der Waals surface area contributed by atoms with Crippen molar-refractivity contribution in [2.45, 2.75) is 50.5 Å². The highest BCUT2D eigenvalue weighted by Gasteiger charge is 2.34. The van der Waals surface area contributed by atoms with Gasteiger partial charge in [0.15, 0.2) is 0 Å². The third-order valence-electron chi connectivity index (χ3n) is 9.95. The van der Waals surface area contributed by atoms with Crippen molar-refractivity contribution in [3.63, 3.8) is 0 Å². The van der Waals surface area contributed by atoms with Gasteiger partial charge in [-0.3, -0.25) is 0 Å². The SMILES string of the molecule is C[C@@H]1OC(c2c(F)cccc2F)=N[C@H]1c1ccc(-c2ccc(C(F)(F)F)cc2)cc1.C[C@H]1OC(c2c(F)cccc2F)=N[C@@H]1c1ccc(-c2ccc(C(F)(F)F)cc2)cc1. The standard InChI is InChI=1S/2C23H16F5NO/c2*1-13-21(29-22(30-13)20-18(24)3-2-4-19(20)25)16-7-5-14(6-8-16)15-9-11-17(12-10-15)23(26,27)28/h2*2-13,21H,1H3/t2*13-,21+/m10/s1. The zero-order valence-electron chi connectivity index (χ0n) is 31.5. The highest BCUT2D eigenvalue weighted by molar-refractivity contribution is 5.96. The average Bonchev–Trinajstić information content (AvgIpc) is 3.79. The first-order valence-electron chi connectivity index (χ1n) is 18.4. The molecule has 0 radical (unpaired) electrons. The first kappa shape index (κ1) is 41.7. The van der Waals surface area contributed by atoms with Gasteiger partial charge in [-0.25, -0.2) is 27.5 Å². The quantitative estimate of drug-likeness (QED) is 0.157. The van der Waals surface area contributed by atoms with Crippen molar-refractivity contribution < 1.29 is 53.4 Å². The summed E-state index contributed by atoms with van der Waals surface area (Å²) in [6, 6.07) is 30.2. The number of benzene rings is 6. The van der Waals surface area contributed by atoms with Crippen molar-refractivity contribution in [2.75, 3.05) is 0 Å². The molecule has 0 aliphatic carbocycles. The van der Waals surface area contributed by atoms with Gasteiger partial charge >= 0.3 is 12.4 Å². The Morgan fingerprint density at radius 1 is 0.400 bits per heavy atom. The first-order chi connectivity index (χ1) is 28.5. The molecule has 14 heteroatoms. The van der Waals surface area contributed by atoms with E-state index >= 15 is 0 Å². The Labute approximate surface area is 337 Å². The lowest BCUT2D eigenvalue weighted by molar-refractivity contribution is -0.138. The van der Waals surface area contributed by atoms with Gasteiger partial charge in [0.25, 0.3) is 0 Å². The summed E-state index contributed by atoms with van der Waals surface area (Å²) in [5.41, 5.74) is 2.29. The summed E-state index contributed by atoms with van der Waals surface area (Å²) < 4.78 is 144. The number of ether oxygens (including phenoxy) is 2. The van der Waals surface area contributed by atoms with Crippen LogP contribution in [0.2, 0.25) is 0 Å². The Kier molecular flexibility index (Phi) is 11.6. The van der Waals surface area contributed by atoms with Crippen molar-refractivity contribution in [1.82, 2.24) is 0 Å². The molecule has 0 bridgehead atoms. The van der Waals surface area contributed by atoms with Gasteiger partial charge in [-0.05, 0) is 95.8 Å². The predicted octanol–water partition coefficient (Wildman–Crippen LogP) is 13.1. The summed E-state index contributed by atoms with van der Waals surface area (Å²) in [5.74, 6) is -3.18. The first-order valence-corrected chi connectivity index (χ1v) is 18.4. The molecular weight excluding hydrogens is 802 g/mol. The van der Waals surface area contributed by atoms with E-state index < -0.39 is 71.0 Å². The van der Waals surface area contributed by atoms with Crippen LogP contribution in [-0.4, -0.2) is 24.0 Å². The fraction of sp³-hybridized carbons (Fsp3) is 0.174. The van der Waals surface area contributed by atoms with Gasteiger partial charge in [-0.2, -0.15) is 26.3 Å². The van der Waals surface area contributed by atoms with Gasteiger partial charge in [0.1, 0.15) is 58.7 Å². The maximum absolute atomic E-state index is 14.0. The molecule has 0 aromatic heterocycles. The summed E-state index contributed by atoms with van der Waals surface area (Å²) in [7, 11) is 0. The zero-order valence-corrected chi connectivity index (χ0v) is 31.5. The molecule has 0 saturated carbocycles. The molecule has 60 heavy (non-hydrogen) atoms. The third-order valence-corrected chi connectivity index (χ3v) is 9.95. The average molecular weight is 835 g/mol. The Bertz CT molecular complexity index is 2310. The number of hydrogen-bond donors (Lipinski definition) is 0. The van der Waals surface area contributed by atoms with Crippen LogP contribution in [0.15, 0.2) is 143 Å². The minimum absolute atomic E-state index is 0.0880. The molecule has 6 aromatic rings. The van der Waals surface area contributed by atoms with Crippen LogP contribution in [0, 0.1) is 23.3 Å². The Hall–Kier alpha value is -6.44. The highest BCUT2D eigenvalue weighted by atomic mass is 19.4. The lowest BCUT2D eigenvalue weighted by atomic mass is 9.98. The van der Waals surface area contributed by atoms with E-state index in [-0.39, 0.29) is 22.9 Å². The smallest absolute Gasteiger partial charge is 0.416 e. The summed E-state index contributed by atoms with van der Waals surface area (Å²) >= 11 is 0. The monoisotopic (exact) mass is 834 g/mol. The van der Waals surface area contributed by atoms with Crippen molar-refractivity contribution in [1.29, 1.82) is 0 Å². The van der Waals surface area contributed by atoms with Gasteiger partial charge in [0.05, 0.1) is 11.1 Å². The number of nitrogens with zero attached hydrogens (tertiary/aromatic N) is 2. The van der Waals surface area contributed by atoms with Crippen LogP contribution in [0.1, 0.15) is 59.3 Å². The van der Waals surface area contributed by atoms with Crippen LogP contribution in [0.3, 0.4) is 0 Å². The van der Waals surface area contributed by atoms with Gasteiger partial charge in [-0.15, -0.1) is 0 Å². The maximum atomic E-state index is 14.0. The van der Waals surface area contributed by atoms with Crippen molar-refractivity contribution in [3.05, 3.63) is 190 Å². The van der Waals surface area contributed by atoms with E-state index in [1.54, 1.807) is 62.4 Å². The molecule has 0 saturated heterocycles. The topological polar surface area (TPSA) is 43.2 Å². The lowest BCUT2D eigenvalue weighted by Gasteiger charge is -2.14. The second-order valence-corrected chi connectivity index (χ2v) is 14.0. The van der Waals surface area contributed by atoms with Crippen molar-refractivity contribution >= 4 is 11.8 Å². The van der Waals surface area contributed by atoms with Crippen molar-refractivity contribution in [3.8, 4) is 22.3 Å². The molecule has 0 unspecified atom stereocenters. The molecular formula is C46H32F10N2O2. The second-order valence-electron chi connectivity index (χ2n) is 14.0. The van der Waals surface area contributed by atoms with Gasteiger partial charge in [0, 0.05) is 0 Å². The van der Waals surface area contributed by atoms with E-state index in [0.29, 0.717) is 11.1 Å². The Morgan fingerprint density at radius 3 is 0.933 bits per heavy atom. The number of rotatable bonds is 6. The number of alkyl halides is 6. The fourth-order valence-corrected chi connectivity index (χ4v) is 6.80. The minimum Gasteiger partial charge on any atom is -0.472 e. The van der Waals surface area contributed by atoms with E-state index in [9.17, 15) is 43.9 Å². The van der Waals surface area contributed by atoms with Crippen LogP contribution >= 0.6 is 0 Å². The van der Waals surface area contributed by atoms with Crippen LogP contribution in [0.4, 0.5) is 43.9 Å². The normalized spacial score (nSPS) is 18.8. The Morgan fingerprint density at radius 2 is 0.667 bits per heavy atom. The second kappa shape index (κ2) is 16.7. The van der Waals surface area contributed by atoms with Crippen LogP contribution in [0.25, 0.3) is 22.3 Å². The van der Waals surface area contributed by atoms with E-state index in [1.807, 2.05) is 0 Å². The zero-order chi connectivity index (χ0) is 42.9. The molecule has 2 aliphatic rings. The Balaban J connectivity index is 0.000000181. The molecule has 0 fully saturated rings. The van der Waals surface area contributed by atoms with Gasteiger partial charge in [-0.1, -0.05) is 84.9 Å². The predicted molar refractivity (Wildman–Crippen MR) is 206 cm³/mol. The van der Waals surface area contributed by atoms with Crippen LogP contribution in [-0.2, 0) is 21.8 Å². The summed E-state index contributed by atoms with van der Waals surface area (Å²) in [6.45, 7) is 3.51. The van der Waals surface area contributed by atoms with Crippen LogP contribution in [0.5, 0.6) is 0 Å². The van der Waals surface area contributed by atoms with E-state index in [4.69, 9.17) is 9.47 Å². The molecule has 4 nitrogen and oxygen atoms in total. The molecule has 0 N–H and O–H groups in total. The molecule has 4 atom stereocenters. The highest BCUT2D eigenvalue weighted by Crippen LogP contribution is 2.37. The van der Waals surface area contributed by atoms with E-state index in [2.05, 4.69) is 9.98 Å². The molecule has 2 aliphatic heterocycles. The van der Waals surface area contributed by atoms with Crippen molar-refractivity contribution in [2.24, 2.45) is 9.98 Å². The molecule has 0 spiro atoms. The third kappa shape index (κ3) is 8.92. The summed E-state index contributed by atoms with van der Waals surface area (Å²) in [5, 5.41) is 0. The molecule has 0 amide bonds. The largest absolute Gasteiger partial charge is 0.472 e. The van der Waals surface area contributed by atoms with Gasteiger partial charge in [0.2, 0.25) is 11.8 Å². The van der Waals surface area contributed by atoms with E-state index in [0.717, 1.165) is 70.8 Å². The molecule has 308 valence electrons. The fourth-order valence-electron chi connectivity index (χ4n) is 6.80. The molecule has 8 rings (SSSR count). The van der Waals surface area contributed by atoms with E-state index in [1.165, 1.54) is 36.4 Å². The van der Waals surface area contributed by atoms with Gasteiger partial charge < -0.3 is 9.47 Å².